The van der Waals surface area contributed by atoms with Gasteiger partial charge in [0.1, 0.15) is 5.69 Å². The molecular formula is C9H9ClN2OS. The normalized spacial score (nSPS) is 10.7. The molecular weight excluding hydrogens is 220 g/mol. The maximum atomic E-state index is 5.85. The molecule has 0 fully saturated rings. The number of oxazole rings is 1. The molecule has 3 nitrogen and oxygen atoms in total. The zero-order valence-electron chi connectivity index (χ0n) is 7.58. The van der Waals surface area contributed by atoms with Gasteiger partial charge < -0.3 is 9.73 Å². The first-order chi connectivity index (χ1) is 6.81. The Kier molecular flexibility index (Phi) is 2.86. The van der Waals surface area contributed by atoms with Gasteiger partial charge in [0.25, 0.3) is 0 Å². The third-order valence-electron chi connectivity index (χ3n) is 1.78. The average Bonchev–Trinajstić information content (AvgIpc) is 2.74. The molecule has 0 aromatic carbocycles. The number of aromatic nitrogens is 1. The van der Waals surface area contributed by atoms with Crippen LogP contribution in [0.3, 0.4) is 0 Å². The lowest BCUT2D eigenvalue weighted by Crippen LogP contribution is -2.05. The lowest BCUT2D eigenvalue weighted by atomic mass is 10.3. The van der Waals surface area contributed by atoms with E-state index in [1.807, 2.05) is 19.2 Å². The van der Waals surface area contributed by atoms with E-state index in [0.29, 0.717) is 6.54 Å². The molecule has 0 radical (unpaired) electrons. The minimum absolute atomic E-state index is 0.696. The predicted molar refractivity (Wildman–Crippen MR) is 57.6 cm³/mol. The summed E-state index contributed by atoms with van der Waals surface area (Å²) in [5.41, 5.74) is 0.908. The first-order valence-electron chi connectivity index (χ1n) is 4.14. The van der Waals surface area contributed by atoms with Crippen LogP contribution in [-0.2, 0) is 6.54 Å². The lowest BCUT2D eigenvalue weighted by molar-refractivity contribution is 0.571. The number of hydrogen-bond acceptors (Lipinski definition) is 4. The summed E-state index contributed by atoms with van der Waals surface area (Å²) in [5, 5.41) is 3.04. The van der Waals surface area contributed by atoms with Crippen molar-refractivity contribution in [2.45, 2.75) is 6.54 Å². The van der Waals surface area contributed by atoms with Crippen molar-refractivity contribution in [2.75, 3.05) is 7.05 Å². The van der Waals surface area contributed by atoms with Crippen LogP contribution in [0.1, 0.15) is 5.69 Å². The number of nitrogens with one attached hydrogen (secondary N) is 1. The van der Waals surface area contributed by atoms with Gasteiger partial charge in [0, 0.05) is 6.54 Å². The highest BCUT2D eigenvalue weighted by molar-refractivity contribution is 7.19. The van der Waals surface area contributed by atoms with E-state index in [0.717, 1.165) is 20.7 Å². The molecule has 0 amide bonds. The maximum absolute atomic E-state index is 5.85. The Hall–Kier alpha value is -0.840. The second kappa shape index (κ2) is 4.13. The van der Waals surface area contributed by atoms with E-state index in [1.165, 1.54) is 17.7 Å². The fraction of sp³-hybridized carbons (Fsp3) is 0.222. The SMILES string of the molecule is CNCc1ncoc1-c1ccc(Cl)s1. The molecule has 14 heavy (non-hydrogen) atoms. The number of halogens is 1. The molecule has 74 valence electrons. The monoisotopic (exact) mass is 228 g/mol. The highest BCUT2D eigenvalue weighted by Gasteiger charge is 2.11. The predicted octanol–water partition coefficient (Wildman–Crippen LogP) is 2.78. The summed E-state index contributed by atoms with van der Waals surface area (Å²) in [5.74, 6) is 0.802. The Morgan fingerprint density at radius 1 is 1.57 bits per heavy atom. The van der Waals surface area contributed by atoms with Crippen LogP contribution in [0.5, 0.6) is 0 Å². The molecule has 0 aliphatic carbocycles. The highest BCUT2D eigenvalue weighted by Crippen LogP contribution is 2.32. The van der Waals surface area contributed by atoms with Gasteiger partial charge in [-0.1, -0.05) is 11.6 Å². The van der Waals surface area contributed by atoms with Gasteiger partial charge in [0.05, 0.1) is 9.21 Å². The van der Waals surface area contributed by atoms with Gasteiger partial charge in [-0.3, -0.25) is 0 Å². The third-order valence-corrected chi connectivity index (χ3v) is 3.01. The molecule has 2 aromatic rings. The summed E-state index contributed by atoms with van der Waals surface area (Å²) in [6.07, 6.45) is 1.45. The Bertz CT molecular complexity index is 424. The van der Waals surface area contributed by atoms with E-state index in [-0.39, 0.29) is 0 Å². The second-order valence-electron chi connectivity index (χ2n) is 2.76. The molecule has 2 aromatic heterocycles. The van der Waals surface area contributed by atoms with Gasteiger partial charge in [0.15, 0.2) is 12.2 Å². The van der Waals surface area contributed by atoms with Crippen molar-refractivity contribution >= 4 is 22.9 Å². The van der Waals surface area contributed by atoms with E-state index in [1.54, 1.807) is 0 Å². The zero-order chi connectivity index (χ0) is 9.97. The lowest BCUT2D eigenvalue weighted by Gasteiger charge is -1.96. The summed E-state index contributed by atoms with van der Waals surface area (Å²) in [6, 6.07) is 3.79. The zero-order valence-corrected chi connectivity index (χ0v) is 9.15. The van der Waals surface area contributed by atoms with Crippen LogP contribution >= 0.6 is 22.9 Å². The minimum Gasteiger partial charge on any atom is -0.442 e. The summed E-state index contributed by atoms with van der Waals surface area (Å²) in [7, 11) is 1.87. The number of hydrogen-bond donors (Lipinski definition) is 1. The first-order valence-corrected chi connectivity index (χ1v) is 5.33. The van der Waals surface area contributed by atoms with Crippen LogP contribution in [0.25, 0.3) is 10.6 Å². The van der Waals surface area contributed by atoms with E-state index in [2.05, 4.69) is 10.3 Å². The largest absolute Gasteiger partial charge is 0.442 e. The van der Waals surface area contributed by atoms with Crippen molar-refractivity contribution in [1.29, 1.82) is 0 Å². The van der Waals surface area contributed by atoms with Crippen molar-refractivity contribution in [3.05, 3.63) is 28.6 Å². The van der Waals surface area contributed by atoms with Crippen molar-refractivity contribution < 1.29 is 4.42 Å². The molecule has 0 unspecified atom stereocenters. The molecule has 0 aliphatic heterocycles. The molecule has 2 rings (SSSR count). The standard InChI is InChI=1S/C9H9ClN2OS/c1-11-4-6-9(13-5-12-6)7-2-3-8(10)14-7/h2-3,5,11H,4H2,1H3. The van der Waals surface area contributed by atoms with Crippen LogP contribution in [-0.4, -0.2) is 12.0 Å². The molecule has 5 heteroatoms. The molecule has 0 atom stereocenters. The molecule has 0 saturated heterocycles. The molecule has 0 bridgehead atoms. The molecule has 0 aliphatic rings. The summed E-state index contributed by atoms with van der Waals surface area (Å²) in [4.78, 5) is 5.14. The molecule has 0 saturated carbocycles. The second-order valence-corrected chi connectivity index (χ2v) is 4.48. The Labute approximate surface area is 90.7 Å². The third kappa shape index (κ3) is 1.82. The van der Waals surface area contributed by atoms with Gasteiger partial charge in [-0.05, 0) is 19.2 Å². The van der Waals surface area contributed by atoms with Gasteiger partial charge in [-0.25, -0.2) is 4.98 Å². The molecule has 2 heterocycles. The summed E-state index contributed by atoms with van der Waals surface area (Å²) < 4.78 is 6.07. The topological polar surface area (TPSA) is 38.1 Å². The highest BCUT2D eigenvalue weighted by atomic mass is 35.5. The fourth-order valence-corrected chi connectivity index (χ4v) is 2.25. The fourth-order valence-electron chi connectivity index (χ4n) is 1.20. The van der Waals surface area contributed by atoms with Gasteiger partial charge in [-0.2, -0.15) is 0 Å². The Morgan fingerprint density at radius 3 is 3.07 bits per heavy atom. The summed E-state index contributed by atoms with van der Waals surface area (Å²) >= 11 is 7.34. The van der Waals surface area contributed by atoms with Crippen molar-refractivity contribution in [2.24, 2.45) is 0 Å². The van der Waals surface area contributed by atoms with E-state index < -0.39 is 0 Å². The van der Waals surface area contributed by atoms with E-state index >= 15 is 0 Å². The maximum Gasteiger partial charge on any atom is 0.181 e. The van der Waals surface area contributed by atoms with Crippen LogP contribution < -0.4 is 5.32 Å². The van der Waals surface area contributed by atoms with Crippen LogP contribution in [0.4, 0.5) is 0 Å². The minimum atomic E-state index is 0.696. The number of rotatable bonds is 3. The number of thiophene rings is 1. The van der Waals surface area contributed by atoms with Crippen molar-refractivity contribution in [3.63, 3.8) is 0 Å². The molecule has 0 spiro atoms. The van der Waals surface area contributed by atoms with E-state index in [9.17, 15) is 0 Å². The van der Waals surface area contributed by atoms with Crippen molar-refractivity contribution in [3.8, 4) is 10.6 Å². The Morgan fingerprint density at radius 2 is 2.43 bits per heavy atom. The molecule has 1 N–H and O–H groups in total. The quantitative estimate of drug-likeness (QED) is 0.878. The number of nitrogens with zero attached hydrogens (tertiary/aromatic N) is 1. The van der Waals surface area contributed by atoms with Crippen molar-refractivity contribution in [1.82, 2.24) is 10.3 Å². The smallest absolute Gasteiger partial charge is 0.181 e. The van der Waals surface area contributed by atoms with Gasteiger partial charge in [0.2, 0.25) is 0 Å². The first kappa shape index (κ1) is 9.71. The van der Waals surface area contributed by atoms with Crippen LogP contribution in [0, 0.1) is 0 Å². The summed E-state index contributed by atoms with van der Waals surface area (Å²) in [6.45, 7) is 0.696. The van der Waals surface area contributed by atoms with E-state index in [4.69, 9.17) is 16.0 Å². The average molecular weight is 229 g/mol. The Balaban J connectivity index is 2.36. The van der Waals surface area contributed by atoms with Gasteiger partial charge in [-0.15, -0.1) is 11.3 Å². The van der Waals surface area contributed by atoms with Crippen LogP contribution in [0.2, 0.25) is 4.34 Å². The van der Waals surface area contributed by atoms with Crippen LogP contribution in [0.15, 0.2) is 22.9 Å². The van der Waals surface area contributed by atoms with Gasteiger partial charge >= 0.3 is 0 Å².